The number of carbonyl (C=O) groups is 1. The zero-order chi connectivity index (χ0) is 12.8. The average molecular weight is 240 g/mol. The molecule has 0 unspecified atom stereocenters. The van der Waals surface area contributed by atoms with Crippen LogP contribution in [0.4, 0.5) is 16.2 Å². The van der Waals surface area contributed by atoms with E-state index in [0.29, 0.717) is 6.54 Å². The maximum atomic E-state index is 12.2. The number of carbonyl (C=O) groups excluding carboxylic acids is 1. The van der Waals surface area contributed by atoms with Crippen LogP contribution in [0.25, 0.3) is 0 Å². The van der Waals surface area contributed by atoms with Gasteiger partial charge < -0.3 is 5.32 Å². The Morgan fingerprint density at radius 1 is 0.944 bits per heavy atom. The van der Waals surface area contributed by atoms with Gasteiger partial charge in [0.1, 0.15) is 0 Å². The molecule has 0 heterocycles. The van der Waals surface area contributed by atoms with Gasteiger partial charge >= 0.3 is 6.03 Å². The van der Waals surface area contributed by atoms with Gasteiger partial charge in [-0.1, -0.05) is 36.4 Å². The lowest BCUT2D eigenvalue weighted by Gasteiger charge is -2.23. The summed E-state index contributed by atoms with van der Waals surface area (Å²) in [6, 6.07) is 19.1. The zero-order valence-corrected chi connectivity index (χ0v) is 10.3. The molecule has 2 aromatic rings. The van der Waals surface area contributed by atoms with Gasteiger partial charge in [-0.25, -0.2) is 4.79 Å². The van der Waals surface area contributed by atoms with Crippen molar-refractivity contribution in [1.82, 2.24) is 5.32 Å². The summed E-state index contributed by atoms with van der Waals surface area (Å²) in [6.45, 7) is 2.51. The number of nitrogens with zero attached hydrogens (tertiary/aromatic N) is 1. The topological polar surface area (TPSA) is 32.3 Å². The summed E-state index contributed by atoms with van der Waals surface area (Å²) in [6.07, 6.45) is 0. The maximum absolute atomic E-state index is 12.2. The van der Waals surface area contributed by atoms with E-state index in [2.05, 4.69) is 5.32 Å². The highest BCUT2D eigenvalue weighted by Crippen LogP contribution is 2.24. The zero-order valence-electron chi connectivity index (χ0n) is 10.3. The van der Waals surface area contributed by atoms with E-state index in [9.17, 15) is 4.79 Å². The minimum absolute atomic E-state index is 0.116. The van der Waals surface area contributed by atoms with Crippen molar-refractivity contribution in [2.75, 3.05) is 11.4 Å². The Morgan fingerprint density at radius 2 is 1.39 bits per heavy atom. The number of hydrogen-bond donors (Lipinski definition) is 1. The summed E-state index contributed by atoms with van der Waals surface area (Å²) in [5.41, 5.74) is 1.71. The smallest absolute Gasteiger partial charge is 0.326 e. The number of rotatable bonds is 3. The highest BCUT2D eigenvalue weighted by molar-refractivity contribution is 5.99. The minimum atomic E-state index is -0.116. The summed E-state index contributed by atoms with van der Waals surface area (Å²) in [5.74, 6) is 0. The van der Waals surface area contributed by atoms with Crippen LogP contribution in [-0.2, 0) is 0 Å². The van der Waals surface area contributed by atoms with Gasteiger partial charge in [-0.2, -0.15) is 0 Å². The predicted molar refractivity (Wildman–Crippen MR) is 74.1 cm³/mol. The summed E-state index contributed by atoms with van der Waals surface area (Å²) >= 11 is 0. The predicted octanol–water partition coefficient (Wildman–Crippen LogP) is 3.55. The van der Waals surface area contributed by atoms with Crippen LogP contribution in [-0.4, -0.2) is 12.6 Å². The molecule has 3 nitrogen and oxygen atoms in total. The Morgan fingerprint density at radius 3 is 1.78 bits per heavy atom. The molecule has 0 saturated carbocycles. The minimum Gasteiger partial charge on any atom is -0.338 e. The Labute approximate surface area is 107 Å². The van der Waals surface area contributed by atoms with Crippen molar-refractivity contribution in [2.24, 2.45) is 0 Å². The third-order valence-electron chi connectivity index (χ3n) is 2.56. The van der Waals surface area contributed by atoms with Gasteiger partial charge in [0.2, 0.25) is 0 Å². The Balaban J connectivity index is 2.38. The molecule has 0 aliphatic carbocycles. The van der Waals surface area contributed by atoms with E-state index in [0.717, 1.165) is 11.4 Å². The Hall–Kier alpha value is -2.29. The molecule has 0 fully saturated rings. The Bertz CT molecular complexity index is 457. The molecule has 0 aliphatic rings. The van der Waals surface area contributed by atoms with Crippen molar-refractivity contribution in [1.29, 1.82) is 0 Å². The van der Waals surface area contributed by atoms with Crippen molar-refractivity contribution in [2.45, 2.75) is 6.92 Å². The van der Waals surface area contributed by atoms with Crippen LogP contribution in [0, 0.1) is 0 Å². The van der Waals surface area contributed by atoms with Gasteiger partial charge in [0, 0.05) is 6.54 Å². The summed E-state index contributed by atoms with van der Waals surface area (Å²) in [5, 5.41) is 2.83. The third kappa shape index (κ3) is 2.69. The molecule has 1 N–H and O–H groups in total. The quantitative estimate of drug-likeness (QED) is 0.874. The van der Waals surface area contributed by atoms with Crippen molar-refractivity contribution < 1.29 is 4.79 Å². The van der Waals surface area contributed by atoms with Crippen LogP contribution >= 0.6 is 0 Å². The lowest BCUT2D eigenvalue weighted by molar-refractivity contribution is 0.249. The van der Waals surface area contributed by atoms with Crippen molar-refractivity contribution in [3.63, 3.8) is 0 Å². The maximum Gasteiger partial charge on any atom is 0.326 e. The van der Waals surface area contributed by atoms with Crippen molar-refractivity contribution >= 4 is 17.4 Å². The van der Waals surface area contributed by atoms with E-state index < -0.39 is 0 Å². The number of hydrogen-bond acceptors (Lipinski definition) is 1. The van der Waals surface area contributed by atoms with E-state index >= 15 is 0 Å². The van der Waals surface area contributed by atoms with Crippen LogP contribution in [0.2, 0.25) is 0 Å². The highest BCUT2D eigenvalue weighted by atomic mass is 16.2. The van der Waals surface area contributed by atoms with Crippen molar-refractivity contribution in [3.8, 4) is 0 Å². The van der Waals surface area contributed by atoms with Gasteiger partial charge in [0.15, 0.2) is 0 Å². The van der Waals surface area contributed by atoms with Gasteiger partial charge in [0.05, 0.1) is 11.4 Å². The van der Waals surface area contributed by atoms with E-state index in [1.54, 1.807) is 4.90 Å². The number of nitrogens with one attached hydrogen (secondary N) is 1. The number of para-hydroxylation sites is 2. The molecular formula is C15H16N2O. The molecular weight excluding hydrogens is 224 g/mol. The monoisotopic (exact) mass is 240 g/mol. The summed E-state index contributed by atoms with van der Waals surface area (Å²) in [7, 11) is 0. The first-order valence-corrected chi connectivity index (χ1v) is 6.01. The molecule has 0 bridgehead atoms. The average Bonchev–Trinajstić information content (AvgIpc) is 2.42. The molecule has 2 amide bonds. The highest BCUT2D eigenvalue weighted by Gasteiger charge is 2.16. The van der Waals surface area contributed by atoms with Crippen LogP contribution < -0.4 is 10.2 Å². The number of anilines is 2. The van der Waals surface area contributed by atoms with Crippen LogP contribution in [0.15, 0.2) is 60.7 Å². The van der Waals surface area contributed by atoms with E-state index in [4.69, 9.17) is 0 Å². The molecule has 0 saturated heterocycles. The van der Waals surface area contributed by atoms with Crippen LogP contribution in [0.1, 0.15) is 6.92 Å². The van der Waals surface area contributed by atoms with Gasteiger partial charge in [-0.3, -0.25) is 4.90 Å². The summed E-state index contributed by atoms with van der Waals surface area (Å²) in [4.78, 5) is 13.8. The Kier molecular flexibility index (Phi) is 3.97. The van der Waals surface area contributed by atoms with E-state index in [-0.39, 0.29) is 6.03 Å². The molecule has 0 aromatic heterocycles. The second kappa shape index (κ2) is 5.87. The number of urea groups is 1. The second-order valence-corrected chi connectivity index (χ2v) is 3.84. The standard InChI is InChI=1S/C15H16N2O/c1-2-16-15(18)17(13-9-5-3-6-10-13)14-11-7-4-8-12-14/h3-12H,2H2,1H3,(H,16,18). The third-order valence-corrected chi connectivity index (χ3v) is 2.56. The molecule has 18 heavy (non-hydrogen) atoms. The van der Waals surface area contributed by atoms with E-state index in [1.165, 1.54) is 0 Å². The fraction of sp³-hybridized carbons (Fsp3) is 0.133. The first-order chi connectivity index (χ1) is 8.83. The van der Waals surface area contributed by atoms with Crippen LogP contribution in [0.5, 0.6) is 0 Å². The largest absolute Gasteiger partial charge is 0.338 e. The van der Waals surface area contributed by atoms with Crippen LogP contribution in [0.3, 0.4) is 0 Å². The molecule has 92 valence electrons. The fourth-order valence-electron chi connectivity index (χ4n) is 1.77. The summed E-state index contributed by atoms with van der Waals surface area (Å²) < 4.78 is 0. The van der Waals surface area contributed by atoms with Crippen molar-refractivity contribution in [3.05, 3.63) is 60.7 Å². The molecule has 2 aromatic carbocycles. The molecule has 0 aliphatic heterocycles. The normalized spacial score (nSPS) is 9.83. The first-order valence-electron chi connectivity index (χ1n) is 6.01. The SMILES string of the molecule is CCNC(=O)N(c1ccccc1)c1ccccc1. The molecule has 2 rings (SSSR count). The first kappa shape index (κ1) is 12.2. The van der Waals surface area contributed by atoms with E-state index in [1.807, 2.05) is 67.6 Å². The molecule has 0 atom stereocenters. The second-order valence-electron chi connectivity index (χ2n) is 3.84. The van der Waals surface area contributed by atoms with Gasteiger partial charge in [0.25, 0.3) is 0 Å². The number of benzene rings is 2. The molecule has 3 heteroatoms. The fourth-order valence-corrected chi connectivity index (χ4v) is 1.77. The lowest BCUT2D eigenvalue weighted by Crippen LogP contribution is -2.36. The number of amides is 2. The molecule has 0 spiro atoms. The molecule has 0 radical (unpaired) electrons. The van der Waals surface area contributed by atoms with Gasteiger partial charge in [-0.05, 0) is 31.2 Å². The lowest BCUT2D eigenvalue weighted by atomic mass is 10.2. The van der Waals surface area contributed by atoms with Gasteiger partial charge in [-0.15, -0.1) is 0 Å².